The first-order chi connectivity index (χ1) is 12.9. The summed E-state index contributed by atoms with van der Waals surface area (Å²) in [5.41, 5.74) is 1.87. The topological polar surface area (TPSA) is 77.2 Å². The molecule has 0 spiro atoms. The summed E-state index contributed by atoms with van der Waals surface area (Å²) in [5.74, 6) is 0.648. The highest BCUT2D eigenvalue weighted by Crippen LogP contribution is 2.37. The maximum absolute atomic E-state index is 12.6. The van der Waals surface area contributed by atoms with Crippen LogP contribution in [0.4, 0.5) is 4.79 Å². The molecule has 2 aromatic rings. The number of carbonyl (C=O) groups is 1. The van der Waals surface area contributed by atoms with Gasteiger partial charge in [0.1, 0.15) is 0 Å². The minimum absolute atomic E-state index is 0.0429. The molecule has 2 saturated heterocycles. The Balaban J connectivity index is 1.35. The largest absolute Gasteiger partial charge is 0.334 e. The van der Waals surface area contributed by atoms with Crippen LogP contribution >= 0.6 is 0 Å². The fourth-order valence-electron chi connectivity index (χ4n) is 4.57. The standard InChI is InChI=1S/C21H28N4O2/c1-21(2)13-23-19(21)14-7-9-25(10-8-14)20(27)22-12-15-11-18(26)24-17-6-4-3-5-16(15)17/h3-6,11,14,19,23H,7-10,12-13H2,1-2H3,(H,22,27)(H,24,26). The monoisotopic (exact) mass is 368 g/mol. The molecule has 2 fully saturated rings. The third kappa shape index (κ3) is 3.58. The lowest BCUT2D eigenvalue weighted by molar-refractivity contribution is 0.0458. The van der Waals surface area contributed by atoms with Crippen LogP contribution in [0.5, 0.6) is 0 Å². The molecule has 2 aliphatic rings. The minimum Gasteiger partial charge on any atom is -0.334 e. The fraction of sp³-hybridized carbons (Fsp3) is 0.524. The van der Waals surface area contributed by atoms with E-state index in [1.54, 1.807) is 6.07 Å². The number of carbonyl (C=O) groups excluding carboxylic acids is 1. The van der Waals surface area contributed by atoms with Crippen LogP contribution in [0.3, 0.4) is 0 Å². The van der Waals surface area contributed by atoms with Crippen molar-refractivity contribution < 1.29 is 4.79 Å². The fourth-order valence-corrected chi connectivity index (χ4v) is 4.57. The summed E-state index contributed by atoms with van der Waals surface area (Å²) in [6, 6.07) is 9.77. The SMILES string of the molecule is CC1(C)CNC1C1CCN(C(=O)NCc2cc(=O)[nH]c3ccccc23)CC1. The Bertz CT molecular complexity index is 896. The van der Waals surface area contributed by atoms with E-state index < -0.39 is 0 Å². The van der Waals surface area contributed by atoms with Gasteiger partial charge in [0.25, 0.3) is 0 Å². The molecule has 1 aromatic heterocycles. The molecule has 0 radical (unpaired) electrons. The summed E-state index contributed by atoms with van der Waals surface area (Å²) in [6.45, 7) is 7.67. The number of urea groups is 1. The summed E-state index contributed by atoms with van der Waals surface area (Å²) in [5, 5.41) is 7.53. The number of aromatic nitrogens is 1. The van der Waals surface area contributed by atoms with E-state index in [1.165, 1.54) is 0 Å². The van der Waals surface area contributed by atoms with Gasteiger partial charge in [-0.15, -0.1) is 0 Å². The molecule has 1 atom stereocenters. The number of nitrogens with zero attached hydrogens (tertiary/aromatic N) is 1. The number of piperidine rings is 1. The molecule has 3 heterocycles. The first-order valence-electron chi connectivity index (χ1n) is 9.81. The summed E-state index contributed by atoms with van der Waals surface area (Å²) in [7, 11) is 0. The highest BCUT2D eigenvalue weighted by molar-refractivity contribution is 5.82. The summed E-state index contributed by atoms with van der Waals surface area (Å²) >= 11 is 0. The number of likely N-dealkylation sites (tertiary alicyclic amines) is 1. The second kappa shape index (κ2) is 7.00. The van der Waals surface area contributed by atoms with Crippen molar-refractivity contribution in [3.63, 3.8) is 0 Å². The number of nitrogens with one attached hydrogen (secondary N) is 3. The number of para-hydroxylation sites is 1. The lowest BCUT2D eigenvalue weighted by atomic mass is 9.68. The summed E-state index contributed by atoms with van der Waals surface area (Å²) in [4.78, 5) is 29.2. The number of benzene rings is 1. The molecule has 1 unspecified atom stereocenters. The molecule has 6 heteroatoms. The van der Waals surface area contributed by atoms with Gasteiger partial charge in [0.15, 0.2) is 0 Å². The van der Waals surface area contributed by atoms with Crippen LogP contribution in [0.2, 0.25) is 0 Å². The number of hydrogen-bond acceptors (Lipinski definition) is 3. The van der Waals surface area contributed by atoms with Gasteiger partial charge < -0.3 is 20.5 Å². The van der Waals surface area contributed by atoms with Crippen molar-refractivity contribution in [2.45, 2.75) is 39.3 Å². The van der Waals surface area contributed by atoms with Crippen molar-refractivity contribution in [1.82, 2.24) is 20.5 Å². The van der Waals surface area contributed by atoms with Crippen molar-refractivity contribution in [2.24, 2.45) is 11.3 Å². The number of pyridine rings is 1. The first kappa shape index (κ1) is 18.0. The zero-order chi connectivity index (χ0) is 19.0. The Morgan fingerprint density at radius 1 is 1.26 bits per heavy atom. The predicted molar refractivity (Wildman–Crippen MR) is 107 cm³/mol. The number of amides is 2. The van der Waals surface area contributed by atoms with Crippen LogP contribution in [-0.4, -0.2) is 41.6 Å². The van der Waals surface area contributed by atoms with Crippen LogP contribution in [0.1, 0.15) is 32.3 Å². The van der Waals surface area contributed by atoms with Crippen LogP contribution < -0.4 is 16.2 Å². The first-order valence-corrected chi connectivity index (χ1v) is 9.81. The second-order valence-electron chi connectivity index (χ2n) is 8.53. The van der Waals surface area contributed by atoms with Gasteiger partial charge in [-0.1, -0.05) is 32.0 Å². The molecule has 0 saturated carbocycles. The number of H-pyrrole nitrogens is 1. The highest BCUT2D eigenvalue weighted by atomic mass is 16.2. The lowest BCUT2D eigenvalue weighted by Crippen LogP contribution is -2.64. The molecule has 27 heavy (non-hydrogen) atoms. The van der Waals surface area contributed by atoms with Crippen LogP contribution in [0.15, 0.2) is 35.1 Å². The summed E-state index contributed by atoms with van der Waals surface area (Å²) in [6.07, 6.45) is 2.09. The second-order valence-corrected chi connectivity index (χ2v) is 8.53. The smallest absolute Gasteiger partial charge is 0.317 e. The van der Waals surface area contributed by atoms with Gasteiger partial charge in [0, 0.05) is 49.2 Å². The Hall–Kier alpha value is -2.34. The van der Waals surface area contributed by atoms with Crippen molar-refractivity contribution in [2.75, 3.05) is 19.6 Å². The van der Waals surface area contributed by atoms with E-state index in [9.17, 15) is 9.59 Å². The third-order valence-electron chi connectivity index (χ3n) is 6.18. The van der Waals surface area contributed by atoms with Crippen LogP contribution in [0, 0.1) is 11.3 Å². The number of rotatable bonds is 3. The van der Waals surface area contributed by atoms with Crippen LogP contribution in [-0.2, 0) is 6.54 Å². The van der Waals surface area contributed by atoms with Gasteiger partial charge in [-0.05, 0) is 35.8 Å². The van der Waals surface area contributed by atoms with E-state index in [1.807, 2.05) is 29.2 Å². The maximum Gasteiger partial charge on any atom is 0.317 e. The van der Waals surface area contributed by atoms with Gasteiger partial charge >= 0.3 is 6.03 Å². The molecule has 0 aliphatic carbocycles. The maximum atomic E-state index is 12.6. The van der Waals surface area contributed by atoms with Crippen molar-refractivity contribution in [1.29, 1.82) is 0 Å². The molecule has 6 nitrogen and oxygen atoms in total. The molecule has 2 amide bonds. The van der Waals surface area contributed by atoms with Gasteiger partial charge in [-0.3, -0.25) is 4.79 Å². The molecule has 1 aromatic carbocycles. The third-order valence-corrected chi connectivity index (χ3v) is 6.18. The van der Waals surface area contributed by atoms with Gasteiger partial charge in [0.2, 0.25) is 5.56 Å². The molecule has 2 aliphatic heterocycles. The van der Waals surface area contributed by atoms with Gasteiger partial charge in [-0.2, -0.15) is 0 Å². The molecule has 4 rings (SSSR count). The van der Waals surface area contributed by atoms with E-state index in [0.717, 1.165) is 48.9 Å². The Morgan fingerprint density at radius 3 is 2.67 bits per heavy atom. The molecule has 3 N–H and O–H groups in total. The zero-order valence-corrected chi connectivity index (χ0v) is 16.0. The Kier molecular flexibility index (Phi) is 4.68. The van der Waals surface area contributed by atoms with Gasteiger partial charge in [0.05, 0.1) is 0 Å². The van der Waals surface area contributed by atoms with Gasteiger partial charge in [-0.25, -0.2) is 4.79 Å². The Labute approximate surface area is 159 Å². The van der Waals surface area contributed by atoms with E-state index in [-0.39, 0.29) is 11.6 Å². The number of aromatic amines is 1. The average Bonchev–Trinajstić information content (AvgIpc) is 2.65. The molecular weight excluding hydrogens is 340 g/mol. The average molecular weight is 368 g/mol. The zero-order valence-electron chi connectivity index (χ0n) is 16.0. The van der Waals surface area contributed by atoms with E-state index in [4.69, 9.17) is 0 Å². The molecular formula is C21H28N4O2. The quantitative estimate of drug-likeness (QED) is 0.779. The van der Waals surface area contributed by atoms with Crippen molar-refractivity contribution in [3.05, 3.63) is 46.2 Å². The minimum atomic E-state index is -0.144. The number of fused-ring (bicyclic) bond motifs is 1. The normalized spacial score (nSPS) is 22.4. The van der Waals surface area contributed by atoms with E-state index in [0.29, 0.717) is 23.9 Å². The van der Waals surface area contributed by atoms with Crippen LogP contribution in [0.25, 0.3) is 10.9 Å². The Morgan fingerprint density at radius 2 is 2.00 bits per heavy atom. The molecule has 0 bridgehead atoms. The van der Waals surface area contributed by atoms with Crippen molar-refractivity contribution in [3.8, 4) is 0 Å². The molecule has 144 valence electrons. The lowest BCUT2D eigenvalue weighted by Gasteiger charge is -2.51. The van der Waals surface area contributed by atoms with Crippen molar-refractivity contribution >= 4 is 16.9 Å². The highest BCUT2D eigenvalue weighted by Gasteiger charge is 2.43. The predicted octanol–water partition coefficient (Wildman–Crippen LogP) is 2.45. The summed E-state index contributed by atoms with van der Waals surface area (Å²) < 4.78 is 0. The van der Waals surface area contributed by atoms with E-state index >= 15 is 0 Å². The number of hydrogen-bond donors (Lipinski definition) is 3. The van der Waals surface area contributed by atoms with E-state index in [2.05, 4.69) is 29.5 Å².